The summed E-state index contributed by atoms with van der Waals surface area (Å²) in [7, 11) is 0. The second kappa shape index (κ2) is 4.45. The van der Waals surface area contributed by atoms with Crippen molar-refractivity contribution in [3.63, 3.8) is 0 Å². The van der Waals surface area contributed by atoms with Gasteiger partial charge in [-0.2, -0.15) is 5.10 Å². The Morgan fingerprint density at radius 2 is 1.88 bits per heavy atom. The maximum absolute atomic E-state index is 12.7. The lowest BCUT2D eigenvalue weighted by Crippen LogP contribution is -2.48. The largest absolute Gasteiger partial charge is 0.298 e. The Morgan fingerprint density at radius 3 is 2.47 bits per heavy atom. The number of nitrogens with one attached hydrogen (secondary N) is 1. The Morgan fingerprint density at radius 1 is 1.18 bits per heavy atom. The van der Waals surface area contributed by atoms with Crippen LogP contribution in [0.5, 0.6) is 0 Å². The van der Waals surface area contributed by atoms with Crippen LogP contribution in [-0.2, 0) is 0 Å². The van der Waals surface area contributed by atoms with E-state index < -0.39 is 0 Å². The normalized spacial score (nSPS) is 29.6. The van der Waals surface area contributed by atoms with Gasteiger partial charge in [0, 0.05) is 12.5 Å². The van der Waals surface area contributed by atoms with Crippen LogP contribution >= 0.6 is 0 Å². The Balaban J connectivity index is 1.68. The Kier molecular flexibility index (Phi) is 2.81. The van der Waals surface area contributed by atoms with Gasteiger partial charge < -0.3 is 0 Å². The number of hydrazone groups is 1. The van der Waals surface area contributed by atoms with Crippen molar-refractivity contribution in [2.45, 2.75) is 12.8 Å². The number of rotatable bonds is 2. The van der Waals surface area contributed by atoms with Crippen LogP contribution in [0.4, 0.5) is 10.1 Å². The van der Waals surface area contributed by atoms with Gasteiger partial charge in [-0.3, -0.25) is 10.3 Å². The van der Waals surface area contributed by atoms with Gasteiger partial charge in [-0.1, -0.05) is 0 Å². The van der Waals surface area contributed by atoms with E-state index in [4.69, 9.17) is 0 Å². The number of hydrogen-bond donors (Lipinski definition) is 1. The monoisotopic (exact) mass is 233 g/mol. The fraction of sp³-hybridized carbons (Fsp3) is 0.462. The van der Waals surface area contributed by atoms with Crippen molar-refractivity contribution in [2.75, 3.05) is 25.1 Å². The first-order valence-electron chi connectivity index (χ1n) is 6.11. The summed E-state index contributed by atoms with van der Waals surface area (Å²) < 4.78 is 12.7. The highest BCUT2D eigenvalue weighted by Gasteiger charge is 2.30. The third kappa shape index (κ3) is 2.31. The highest BCUT2D eigenvalue weighted by molar-refractivity contribution is 5.90. The van der Waals surface area contributed by atoms with Crippen LogP contribution in [0.2, 0.25) is 0 Å². The SMILES string of the molecule is Fc1ccc(NN=C2CN3CCC2CC3)cc1. The minimum absolute atomic E-state index is 0.217. The van der Waals surface area contributed by atoms with Crippen molar-refractivity contribution in [3.8, 4) is 0 Å². The molecule has 90 valence electrons. The van der Waals surface area contributed by atoms with Crippen LogP contribution in [0.1, 0.15) is 12.8 Å². The first kappa shape index (κ1) is 10.7. The third-order valence-corrected chi connectivity index (χ3v) is 3.62. The standard InChI is InChI=1S/C13H16FN3/c14-11-1-3-12(4-2-11)15-16-13-9-17-7-5-10(13)6-8-17/h1-4,10,15H,5-9H2. The van der Waals surface area contributed by atoms with Crippen LogP contribution in [0.3, 0.4) is 0 Å². The van der Waals surface area contributed by atoms with Crippen LogP contribution in [0.15, 0.2) is 29.4 Å². The molecule has 3 nitrogen and oxygen atoms in total. The van der Waals surface area contributed by atoms with E-state index >= 15 is 0 Å². The average Bonchev–Trinajstić information content (AvgIpc) is 2.39. The summed E-state index contributed by atoms with van der Waals surface area (Å²) in [6, 6.07) is 6.31. The first-order chi connectivity index (χ1) is 8.31. The highest BCUT2D eigenvalue weighted by Crippen LogP contribution is 2.25. The van der Waals surface area contributed by atoms with Crippen molar-refractivity contribution in [2.24, 2.45) is 11.0 Å². The van der Waals surface area contributed by atoms with E-state index in [1.54, 1.807) is 12.1 Å². The molecule has 1 aromatic carbocycles. The average molecular weight is 233 g/mol. The number of anilines is 1. The fourth-order valence-electron chi connectivity index (χ4n) is 2.57. The molecule has 0 atom stereocenters. The van der Waals surface area contributed by atoms with Crippen molar-refractivity contribution >= 4 is 11.4 Å². The Labute approximate surface area is 100 Å². The molecular weight excluding hydrogens is 217 g/mol. The van der Waals surface area contributed by atoms with Crippen LogP contribution in [0.25, 0.3) is 0 Å². The van der Waals surface area contributed by atoms with Crippen LogP contribution in [-0.4, -0.2) is 30.2 Å². The Bertz CT molecular complexity index is 419. The van der Waals surface area contributed by atoms with Crippen LogP contribution in [0, 0.1) is 11.7 Å². The summed E-state index contributed by atoms with van der Waals surface area (Å²) in [5.41, 5.74) is 5.11. The zero-order valence-corrected chi connectivity index (χ0v) is 9.69. The van der Waals surface area contributed by atoms with E-state index in [0.717, 1.165) is 12.2 Å². The second-order valence-corrected chi connectivity index (χ2v) is 4.77. The molecule has 3 heterocycles. The van der Waals surface area contributed by atoms with Crippen molar-refractivity contribution < 1.29 is 4.39 Å². The summed E-state index contributed by atoms with van der Waals surface area (Å²) in [5.74, 6) is 0.430. The smallest absolute Gasteiger partial charge is 0.123 e. The number of nitrogens with zero attached hydrogens (tertiary/aromatic N) is 2. The molecule has 0 aromatic heterocycles. The lowest BCUT2D eigenvalue weighted by molar-refractivity contribution is 0.200. The molecule has 3 fully saturated rings. The fourth-order valence-corrected chi connectivity index (χ4v) is 2.57. The molecule has 0 aliphatic carbocycles. The summed E-state index contributed by atoms with van der Waals surface area (Å²) in [6.45, 7) is 3.40. The Hall–Kier alpha value is -1.42. The second-order valence-electron chi connectivity index (χ2n) is 4.77. The van der Waals surface area contributed by atoms with Gasteiger partial charge in [-0.05, 0) is 50.2 Å². The number of hydrogen-bond acceptors (Lipinski definition) is 3. The summed E-state index contributed by atoms with van der Waals surface area (Å²) in [5, 5.41) is 4.47. The number of halogens is 1. The molecule has 1 N–H and O–H groups in total. The van der Waals surface area contributed by atoms with E-state index in [1.807, 2.05) is 0 Å². The minimum atomic E-state index is -0.217. The minimum Gasteiger partial charge on any atom is -0.298 e. The molecule has 1 aromatic rings. The zero-order valence-electron chi connectivity index (χ0n) is 9.69. The van der Waals surface area contributed by atoms with E-state index in [-0.39, 0.29) is 5.82 Å². The highest BCUT2D eigenvalue weighted by atomic mass is 19.1. The van der Waals surface area contributed by atoms with E-state index in [0.29, 0.717) is 5.92 Å². The van der Waals surface area contributed by atoms with Gasteiger partial charge in [0.25, 0.3) is 0 Å². The lowest BCUT2D eigenvalue weighted by atomic mass is 9.87. The van der Waals surface area contributed by atoms with E-state index in [1.165, 1.54) is 43.8 Å². The first-order valence-corrected chi connectivity index (χ1v) is 6.11. The number of piperidine rings is 3. The van der Waals surface area contributed by atoms with Crippen molar-refractivity contribution in [1.82, 2.24) is 4.90 Å². The molecule has 0 radical (unpaired) electrons. The van der Waals surface area contributed by atoms with Gasteiger partial charge in [0.1, 0.15) is 5.82 Å². The third-order valence-electron chi connectivity index (χ3n) is 3.62. The number of fused-ring (bicyclic) bond motifs is 3. The summed E-state index contributed by atoms with van der Waals surface area (Å²) in [4.78, 5) is 2.44. The molecule has 2 bridgehead atoms. The molecule has 0 spiro atoms. The maximum atomic E-state index is 12.7. The zero-order chi connectivity index (χ0) is 11.7. The predicted molar refractivity (Wildman–Crippen MR) is 66.6 cm³/mol. The molecule has 4 rings (SSSR count). The van der Waals surface area contributed by atoms with Gasteiger partial charge in [-0.15, -0.1) is 0 Å². The molecule has 3 saturated heterocycles. The molecule has 0 amide bonds. The molecule has 0 unspecified atom stereocenters. The van der Waals surface area contributed by atoms with Gasteiger partial charge in [0.2, 0.25) is 0 Å². The predicted octanol–water partition coefficient (Wildman–Crippen LogP) is 2.32. The van der Waals surface area contributed by atoms with Crippen LogP contribution < -0.4 is 5.43 Å². The van der Waals surface area contributed by atoms with Crippen molar-refractivity contribution in [1.29, 1.82) is 0 Å². The van der Waals surface area contributed by atoms with Gasteiger partial charge >= 0.3 is 0 Å². The van der Waals surface area contributed by atoms with Crippen molar-refractivity contribution in [3.05, 3.63) is 30.1 Å². The quantitative estimate of drug-likeness (QED) is 0.794. The lowest BCUT2D eigenvalue weighted by Gasteiger charge is -2.39. The summed E-state index contributed by atoms with van der Waals surface area (Å²) in [6.07, 6.45) is 2.45. The number of benzene rings is 1. The molecule has 4 heteroatoms. The molecular formula is C13H16FN3. The van der Waals surface area contributed by atoms with Gasteiger partial charge in [0.05, 0.1) is 11.4 Å². The van der Waals surface area contributed by atoms with E-state index in [9.17, 15) is 4.39 Å². The molecule has 17 heavy (non-hydrogen) atoms. The summed E-state index contributed by atoms with van der Waals surface area (Å²) >= 11 is 0. The molecule has 3 aliphatic rings. The van der Waals surface area contributed by atoms with Gasteiger partial charge in [-0.25, -0.2) is 4.39 Å². The topological polar surface area (TPSA) is 27.6 Å². The molecule has 3 aliphatic heterocycles. The maximum Gasteiger partial charge on any atom is 0.123 e. The molecule has 0 saturated carbocycles. The van der Waals surface area contributed by atoms with Gasteiger partial charge in [0.15, 0.2) is 0 Å². The van der Waals surface area contributed by atoms with E-state index in [2.05, 4.69) is 15.4 Å².